The van der Waals surface area contributed by atoms with E-state index in [9.17, 15) is 9.59 Å². The number of benzene rings is 2. The SMILES string of the molecule is N#Cc1ccccc1COC(=O)c1cc(-c2ccc(C(=O)O)cc2)cnc1N. The number of nitriles is 1. The van der Waals surface area contributed by atoms with Gasteiger partial charge in [0.2, 0.25) is 0 Å². The van der Waals surface area contributed by atoms with Gasteiger partial charge in [-0.2, -0.15) is 5.26 Å². The van der Waals surface area contributed by atoms with E-state index in [0.717, 1.165) is 0 Å². The van der Waals surface area contributed by atoms with Gasteiger partial charge in [0, 0.05) is 17.3 Å². The van der Waals surface area contributed by atoms with E-state index in [-0.39, 0.29) is 23.6 Å². The minimum absolute atomic E-state index is 0.0180. The number of hydrogen-bond acceptors (Lipinski definition) is 6. The molecule has 0 atom stereocenters. The Labute approximate surface area is 160 Å². The molecular formula is C21H15N3O4. The largest absolute Gasteiger partial charge is 0.478 e. The van der Waals surface area contributed by atoms with E-state index in [1.807, 2.05) is 6.07 Å². The maximum Gasteiger partial charge on any atom is 0.342 e. The van der Waals surface area contributed by atoms with Gasteiger partial charge in [-0.05, 0) is 29.8 Å². The standard InChI is InChI=1S/C21H15N3O4/c22-10-15-3-1-2-4-16(15)12-28-21(27)18-9-17(11-24-19(18)23)13-5-7-14(8-6-13)20(25)26/h1-9,11H,12H2,(H2,23,24)(H,25,26). The monoisotopic (exact) mass is 373 g/mol. The van der Waals surface area contributed by atoms with E-state index in [1.54, 1.807) is 36.4 Å². The normalized spacial score (nSPS) is 10.1. The third-order valence-electron chi connectivity index (χ3n) is 4.10. The molecule has 0 spiro atoms. The molecule has 0 aliphatic heterocycles. The fraction of sp³-hybridized carbons (Fsp3) is 0.0476. The van der Waals surface area contributed by atoms with Crippen molar-refractivity contribution in [1.82, 2.24) is 4.98 Å². The number of carbonyl (C=O) groups is 2. The summed E-state index contributed by atoms with van der Waals surface area (Å²) in [6.45, 7) is -0.0699. The topological polar surface area (TPSA) is 126 Å². The number of hydrogen-bond donors (Lipinski definition) is 2. The van der Waals surface area contributed by atoms with Crippen LogP contribution in [0, 0.1) is 11.3 Å². The van der Waals surface area contributed by atoms with E-state index < -0.39 is 11.9 Å². The van der Waals surface area contributed by atoms with E-state index in [1.165, 1.54) is 24.4 Å². The second-order valence-corrected chi connectivity index (χ2v) is 5.88. The fourth-order valence-corrected chi connectivity index (χ4v) is 2.58. The first kappa shape index (κ1) is 18.6. The zero-order valence-electron chi connectivity index (χ0n) is 14.6. The fourth-order valence-electron chi connectivity index (χ4n) is 2.58. The second kappa shape index (κ2) is 8.01. The highest BCUT2D eigenvalue weighted by Gasteiger charge is 2.15. The molecule has 3 N–H and O–H groups in total. The van der Waals surface area contributed by atoms with Crippen LogP contribution < -0.4 is 5.73 Å². The smallest absolute Gasteiger partial charge is 0.342 e. The number of rotatable bonds is 5. The highest BCUT2D eigenvalue weighted by Crippen LogP contribution is 2.23. The van der Waals surface area contributed by atoms with E-state index in [2.05, 4.69) is 4.98 Å². The van der Waals surface area contributed by atoms with Crippen LogP contribution in [0.1, 0.15) is 31.8 Å². The summed E-state index contributed by atoms with van der Waals surface area (Å²) in [6.07, 6.45) is 1.49. The quantitative estimate of drug-likeness (QED) is 0.657. The first-order valence-corrected chi connectivity index (χ1v) is 8.24. The van der Waals surface area contributed by atoms with Crippen LogP contribution in [-0.2, 0) is 11.3 Å². The number of anilines is 1. The molecule has 28 heavy (non-hydrogen) atoms. The Kier molecular flexibility index (Phi) is 5.33. The number of nitrogen functional groups attached to an aromatic ring is 1. The van der Waals surface area contributed by atoms with Gasteiger partial charge in [-0.1, -0.05) is 30.3 Å². The van der Waals surface area contributed by atoms with Crippen molar-refractivity contribution in [3.8, 4) is 17.2 Å². The average molecular weight is 373 g/mol. The van der Waals surface area contributed by atoms with Gasteiger partial charge in [0.1, 0.15) is 18.0 Å². The molecule has 0 unspecified atom stereocenters. The molecular weight excluding hydrogens is 358 g/mol. The van der Waals surface area contributed by atoms with Gasteiger partial charge in [0.25, 0.3) is 0 Å². The zero-order chi connectivity index (χ0) is 20.1. The van der Waals surface area contributed by atoms with Crippen LogP contribution >= 0.6 is 0 Å². The third-order valence-corrected chi connectivity index (χ3v) is 4.10. The first-order valence-electron chi connectivity index (χ1n) is 8.24. The lowest BCUT2D eigenvalue weighted by Crippen LogP contribution is -2.10. The highest BCUT2D eigenvalue weighted by atomic mass is 16.5. The van der Waals surface area contributed by atoms with Crippen LogP contribution in [-0.4, -0.2) is 22.0 Å². The summed E-state index contributed by atoms with van der Waals surface area (Å²) in [5.74, 6) is -1.67. The van der Waals surface area contributed by atoms with Gasteiger partial charge in [-0.15, -0.1) is 0 Å². The molecule has 1 aromatic heterocycles. The Balaban J connectivity index is 1.82. The molecule has 3 aromatic rings. The summed E-state index contributed by atoms with van der Waals surface area (Å²) < 4.78 is 5.29. The maximum absolute atomic E-state index is 12.5. The summed E-state index contributed by atoms with van der Waals surface area (Å²) >= 11 is 0. The van der Waals surface area contributed by atoms with Crippen LogP contribution in [0.4, 0.5) is 5.82 Å². The molecule has 0 fully saturated rings. The summed E-state index contributed by atoms with van der Waals surface area (Å²) in [5, 5.41) is 18.1. The lowest BCUT2D eigenvalue weighted by atomic mass is 10.0. The van der Waals surface area contributed by atoms with Gasteiger partial charge in [-0.25, -0.2) is 14.6 Å². The number of carboxylic acids is 1. The molecule has 138 valence electrons. The number of ether oxygens (including phenoxy) is 1. The van der Waals surface area contributed by atoms with E-state index in [4.69, 9.17) is 20.8 Å². The molecule has 7 nitrogen and oxygen atoms in total. The number of carboxylic acid groups (broad SMARTS) is 1. The van der Waals surface area contributed by atoms with E-state index in [0.29, 0.717) is 22.3 Å². The number of aromatic carboxylic acids is 1. The van der Waals surface area contributed by atoms with Crippen molar-refractivity contribution in [3.63, 3.8) is 0 Å². The molecule has 0 aliphatic rings. The van der Waals surface area contributed by atoms with Gasteiger partial charge >= 0.3 is 11.9 Å². The molecule has 1 heterocycles. The minimum Gasteiger partial charge on any atom is -0.478 e. The molecule has 0 bridgehead atoms. The number of pyridine rings is 1. The molecule has 2 aromatic carbocycles. The van der Waals surface area contributed by atoms with Gasteiger partial charge in [0.15, 0.2) is 0 Å². The Morgan fingerprint density at radius 1 is 1.11 bits per heavy atom. The van der Waals surface area contributed by atoms with Gasteiger partial charge < -0.3 is 15.6 Å². The molecule has 7 heteroatoms. The third kappa shape index (κ3) is 3.97. The van der Waals surface area contributed by atoms with Crippen molar-refractivity contribution < 1.29 is 19.4 Å². The number of nitrogens with zero attached hydrogens (tertiary/aromatic N) is 2. The second-order valence-electron chi connectivity index (χ2n) is 5.88. The lowest BCUT2D eigenvalue weighted by molar-refractivity contribution is 0.0473. The Hall–Kier alpha value is -4.18. The van der Waals surface area contributed by atoms with Gasteiger partial charge in [-0.3, -0.25) is 0 Å². The van der Waals surface area contributed by atoms with Crippen molar-refractivity contribution in [2.75, 3.05) is 5.73 Å². The Morgan fingerprint density at radius 2 is 1.82 bits per heavy atom. The van der Waals surface area contributed by atoms with E-state index >= 15 is 0 Å². The zero-order valence-corrected chi connectivity index (χ0v) is 14.6. The Bertz CT molecular complexity index is 1090. The summed E-state index contributed by atoms with van der Waals surface area (Å²) in [6, 6.07) is 16.6. The molecule has 0 amide bonds. The lowest BCUT2D eigenvalue weighted by Gasteiger charge is -2.10. The number of carbonyl (C=O) groups excluding carboxylic acids is 1. The predicted molar refractivity (Wildman–Crippen MR) is 101 cm³/mol. The van der Waals surface area contributed by atoms with Crippen LogP contribution in [0.2, 0.25) is 0 Å². The minimum atomic E-state index is -1.02. The average Bonchev–Trinajstić information content (AvgIpc) is 2.72. The van der Waals surface area contributed by atoms with Crippen LogP contribution in [0.3, 0.4) is 0 Å². The van der Waals surface area contributed by atoms with Gasteiger partial charge in [0.05, 0.1) is 17.2 Å². The van der Waals surface area contributed by atoms with Crippen LogP contribution in [0.15, 0.2) is 60.8 Å². The maximum atomic E-state index is 12.5. The first-order chi connectivity index (χ1) is 13.5. The Morgan fingerprint density at radius 3 is 2.50 bits per heavy atom. The number of aromatic nitrogens is 1. The van der Waals surface area contributed by atoms with Crippen molar-refractivity contribution in [2.45, 2.75) is 6.61 Å². The van der Waals surface area contributed by atoms with Crippen LogP contribution in [0.25, 0.3) is 11.1 Å². The summed E-state index contributed by atoms with van der Waals surface area (Å²) in [7, 11) is 0. The van der Waals surface area contributed by atoms with Crippen molar-refractivity contribution in [3.05, 3.63) is 83.0 Å². The molecule has 3 rings (SSSR count). The molecule has 0 aliphatic carbocycles. The predicted octanol–water partition coefficient (Wildman–Crippen LogP) is 3.26. The number of esters is 1. The van der Waals surface area contributed by atoms with Crippen molar-refractivity contribution in [1.29, 1.82) is 5.26 Å². The summed E-state index contributed by atoms with van der Waals surface area (Å²) in [4.78, 5) is 27.5. The molecule has 0 saturated carbocycles. The van der Waals surface area contributed by atoms with Crippen molar-refractivity contribution >= 4 is 17.8 Å². The number of nitrogens with two attached hydrogens (primary N) is 1. The molecule has 0 saturated heterocycles. The highest BCUT2D eigenvalue weighted by molar-refractivity contribution is 5.95. The summed E-state index contributed by atoms with van der Waals surface area (Å²) in [5.41, 5.74) is 8.35. The van der Waals surface area contributed by atoms with Crippen molar-refractivity contribution in [2.24, 2.45) is 0 Å². The molecule has 0 radical (unpaired) electrons. The van der Waals surface area contributed by atoms with Crippen LogP contribution in [0.5, 0.6) is 0 Å².